The summed E-state index contributed by atoms with van der Waals surface area (Å²) in [6.07, 6.45) is 6.66. The molecule has 3 amide bonds. The van der Waals surface area contributed by atoms with E-state index in [-0.39, 0.29) is 48.7 Å². The molecule has 0 aliphatic heterocycles. The maximum absolute atomic E-state index is 14.3. The Morgan fingerprint density at radius 3 is 2.12 bits per heavy atom. The van der Waals surface area contributed by atoms with E-state index in [1.54, 1.807) is 48.5 Å². The van der Waals surface area contributed by atoms with Crippen LogP contribution >= 0.6 is 0 Å². The van der Waals surface area contributed by atoms with Crippen LogP contribution in [-0.2, 0) is 50.9 Å². The topological polar surface area (TPSA) is 237 Å². The van der Waals surface area contributed by atoms with Crippen molar-refractivity contribution in [2.24, 2.45) is 23.3 Å². The van der Waals surface area contributed by atoms with Crippen LogP contribution in [0.5, 0.6) is 0 Å². The Balaban J connectivity index is 1.34. The molecule has 2 aliphatic rings. The summed E-state index contributed by atoms with van der Waals surface area (Å²) in [5, 5.41) is 16.2. The van der Waals surface area contributed by atoms with Crippen LogP contribution < -0.4 is 32.1 Å². The Morgan fingerprint density at radius 1 is 0.839 bits per heavy atom. The van der Waals surface area contributed by atoms with Crippen molar-refractivity contribution in [3.05, 3.63) is 71.3 Å². The van der Waals surface area contributed by atoms with Crippen LogP contribution in [0.1, 0.15) is 80.9 Å². The zero-order valence-corrected chi connectivity index (χ0v) is 33.2. The first-order chi connectivity index (χ1) is 27.0. The lowest BCUT2D eigenvalue weighted by Gasteiger charge is -2.27. The summed E-state index contributed by atoms with van der Waals surface area (Å²) in [6, 6.07) is 14.5. The highest BCUT2D eigenvalue weighted by Gasteiger charge is 2.64. The molecule has 4 rings (SSSR count). The standard InChI is InChI=1S/C40H61N7O8S/c41-19-7-21-53-23-25-55-26-24-54-22-8-20-44-36(48)18-17-35(38(49)45-28-30-13-15-33(16-14-30)37(42)43)46-39(50)40(27-34(40)32-11-5-2-6-12-32)47-56(51,52)29-31-9-3-1-4-10-31/h1,3-4,9-10,13-16,32,34-35,47H,2,5-8,11-12,17-29,41H2,(H3,42,43)(H,44,48)(H,45,49)(H,46,50)/t34?,35-,40?/m0/s1. The minimum absolute atomic E-state index is 0.00258. The number of hydrogen-bond donors (Lipinski definition) is 7. The molecular formula is C40H61N7O8S. The predicted octanol–water partition coefficient (Wildman–Crippen LogP) is 2.22. The number of amides is 3. The van der Waals surface area contributed by atoms with Crippen molar-refractivity contribution in [2.45, 2.75) is 88.1 Å². The SMILES string of the molecule is N=C(N)c1ccc(CNC(=O)[C@H](CCC(=O)NCCCOCCOCCOCCCN)NC(=O)C2(NS(=O)(=O)Cc3ccccc3)CC2C2CCCCC2)cc1. The van der Waals surface area contributed by atoms with Crippen molar-refractivity contribution >= 4 is 33.6 Å². The third-order valence-electron chi connectivity index (χ3n) is 10.2. The van der Waals surface area contributed by atoms with Crippen molar-refractivity contribution in [1.82, 2.24) is 20.7 Å². The average molecular weight is 800 g/mol. The van der Waals surface area contributed by atoms with Crippen LogP contribution in [0.4, 0.5) is 0 Å². The smallest absolute Gasteiger partial charge is 0.242 e. The summed E-state index contributed by atoms with van der Waals surface area (Å²) in [5.74, 6) is -1.72. The van der Waals surface area contributed by atoms with Gasteiger partial charge in [-0.05, 0) is 55.2 Å². The fourth-order valence-electron chi connectivity index (χ4n) is 7.09. The first-order valence-electron chi connectivity index (χ1n) is 19.8. The molecule has 56 heavy (non-hydrogen) atoms. The third-order valence-corrected chi connectivity index (χ3v) is 11.6. The number of hydrogen-bond acceptors (Lipinski definition) is 10. The van der Waals surface area contributed by atoms with Gasteiger partial charge in [0, 0.05) is 38.3 Å². The Bertz CT molecular complexity index is 1640. The van der Waals surface area contributed by atoms with Crippen LogP contribution in [-0.4, -0.2) is 96.3 Å². The summed E-state index contributed by atoms with van der Waals surface area (Å²) < 4.78 is 46.3. The van der Waals surface area contributed by atoms with E-state index >= 15 is 0 Å². The molecule has 0 aromatic heterocycles. The van der Waals surface area contributed by atoms with Gasteiger partial charge in [-0.2, -0.15) is 4.72 Å². The van der Waals surface area contributed by atoms with Crippen LogP contribution in [0.15, 0.2) is 54.6 Å². The summed E-state index contributed by atoms with van der Waals surface area (Å²) in [4.78, 5) is 40.9. The number of carbonyl (C=O) groups excluding carboxylic acids is 3. The minimum atomic E-state index is -3.94. The predicted molar refractivity (Wildman–Crippen MR) is 214 cm³/mol. The normalized spacial score (nSPS) is 18.8. The Labute approximate surface area is 331 Å². The zero-order valence-electron chi connectivity index (χ0n) is 32.4. The van der Waals surface area contributed by atoms with E-state index in [1.165, 1.54) is 0 Å². The zero-order chi connectivity index (χ0) is 40.2. The van der Waals surface area contributed by atoms with E-state index < -0.39 is 33.4 Å². The lowest BCUT2D eigenvalue weighted by molar-refractivity contribution is -0.131. The number of nitrogen functional groups attached to an aromatic ring is 1. The van der Waals surface area contributed by atoms with Gasteiger partial charge < -0.3 is 41.6 Å². The number of nitrogens with two attached hydrogens (primary N) is 2. The van der Waals surface area contributed by atoms with Crippen LogP contribution in [0, 0.1) is 17.2 Å². The molecule has 0 bridgehead atoms. The minimum Gasteiger partial charge on any atom is -0.384 e. The lowest BCUT2D eigenvalue weighted by atomic mass is 9.84. The fourth-order valence-corrected chi connectivity index (χ4v) is 8.67. The molecule has 0 saturated heterocycles. The van der Waals surface area contributed by atoms with Gasteiger partial charge in [-0.15, -0.1) is 0 Å². The second-order valence-corrected chi connectivity index (χ2v) is 16.3. The number of benzene rings is 2. The van der Waals surface area contributed by atoms with Gasteiger partial charge in [-0.3, -0.25) is 19.8 Å². The Morgan fingerprint density at radius 2 is 1.48 bits per heavy atom. The average Bonchev–Trinajstić information content (AvgIpc) is 3.92. The highest BCUT2D eigenvalue weighted by Crippen LogP contribution is 2.53. The van der Waals surface area contributed by atoms with Gasteiger partial charge in [0.15, 0.2) is 0 Å². The van der Waals surface area contributed by atoms with Gasteiger partial charge in [0.25, 0.3) is 0 Å². The second-order valence-electron chi connectivity index (χ2n) is 14.6. The van der Waals surface area contributed by atoms with E-state index in [0.29, 0.717) is 76.7 Å². The molecule has 2 saturated carbocycles. The monoisotopic (exact) mass is 799 g/mol. The van der Waals surface area contributed by atoms with Gasteiger partial charge in [0.1, 0.15) is 17.4 Å². The molecule has 0 heterocycles. The number of ether oxygens (including phenoxy) is 3. The highest BCUT2D eigenvalue weighted by atomic mass is 32.2. The largest absolute Gasteiger partial charge is 0.384 e. The number of sulfonamides is 1. The molecule has 2 aromatic rings. The molecule has 2 unspecified atom stereocenters. The molecule has 2 fully saturated rings. The number of nitrogens with one attached hydrogen (secondary N) is 5. The molecule has 3 atom stereocenters. The van der Waals surface area contributed by atoms with E-state index in [9.17, 15) is 22.8 Å². The summed E-state index contributed by atoms with van der Waals surface area (Å²) in [7, 11) is -3.94. The molecular weight excluding hydrogens is 739 g/mol. The summed E-state index contributed by atoms with van der Waals surface area (Å²) in [5.41, 5.74) is 11.5. The molecule has 2 aromatic carbocycles. The van der Waals surface area contributed by atoms with Gasteiger partial charge in [-0.1, -0.05) is 86.7 Å². The maximum atomic E-state index is 14.3. The number of rotatable bonds is 27. The van der Waals surface area contributed by atoms with Crippen molar-refractivity contribution in [1.29, 1.82) is 5.41 Å². The lowest BCUT2D eigenvalue weighted by Crippen LogP contribution is -2.56. The molecule has 0 radical (unpaired) electrons. The molecule has 16 heteroatoms. The molecule has 310 valence electrons. The van der Waals surface area contributed by atoms with Crippen molar-refractivity contribution in [3.8, 4) is 0 Å². The Kier molecular flexibility index (Phi) is 18.7. The van der Waals surface area contributed by atoms with Crippen molar-refractivity contribution < 1.29 is 37.0 Å². The van der Waals surface area contributed by atoms with Crippen LogP contribution in [0.2, 0.25) is 0 Å². The number of amidine groups is 1. The number of carbonyl (C=O) groups is 3. The molecule has 15 nitrogen and oxygen atoms in total. The quantitative estimate of drug-likeness (QED) is 0.0395. The highest BCUT2D eigenvalue weighted by molar-refractivity contribution is 7.88. The maximum Gasteiger partial charge on any atom is 0.242 e. The van der Waals surface area contributed by atoms with Crippen molar-refractivity contribution in [2.75, 3.05) is 52.7 Å². The summed E-state index contributed by atoms with van der Waals surface area (Å²) >= 11 is 0. The Hall–Kier alpha value is -3.93. The molecule has 9 N–H and O–H groups in total. The first-order valence-corrected chi connectivity index (χ1v) is 21.5. The molecule has 0 spiro atoms. The van der Waals surface area contributed by atoms with E-state index in [4.69, 9.17) is 31.1 Å². The van der Waals surface area contributed by atoms with Crippen molar-refractivity contribution in [3.63, 3.8) is 0 Å². The van der Waals surface area contributed by atoms with E-state index in [1.807, 2.05) is 6.07 Å². The van der Waals surface area contributed by atoms with E-state index in [2.05, 4.69) is 20.7 Å². The van der Waals surface area contributed by atoms with Gasteiger partial charge in [0.2, 0.25) is 27.7 Å². The first kappa shape index (κ1) is 44.8. The fraction of sp³-hybridized carbons (Fsp3) is 0.600. The van der Waals surface area contributed by atoms with Gasteiger partial charge >= 0.3 is 0 Å². The second kappa shape index (κ2) is 23.3. The van der Waals surface area contributed by atoms with Crippen LogP contribution in [0.25, 0.3) is 0 Å². The van der Waals surface area contributed by atoms with Gasteiger partial charge in [0.05, 0.1) is 32.2 Å². The van der Waals surface area contributed by atoms with Gasteiger partial charge in [-0.25, -0.2) is 8.42 Å². The molecule has 2 aliphatic carbocycles. The van der Waals surface area contributed by atoms with E-state index in [0.717, 1.165) is 44.1 Å². The third kappa shape index (κ3) is 15.2. The summed E-state index contributed by atoms with van der Waals surface area (Å²) in [6.45, 7) is 3.96. The van der Waals surface area contributed by atoms with Crippen LogP contribution in [0.3, 0.4) is 0 Å².